The summed E-state index contributed by atoms with van der Waals surface area (Å²) in [5.74, 6) is -1.29. The molecule has 0 spiro atoms. The number of anilines is 1. The van der Waals surface area contributed by atoms with Crippen LogP contribution in [0.3, 0.4) is 0 Å². The number of carbonyl (C=O) groups excluding carboxylic acids is 1. The van der Waals surface area contributed by atoms with Gasteiger partial charge in [0.15, 0.2) is 0 Å². The molecule has 24 heavy (non-hydrogen) atoms. The first kappa shape index (κ1) is 17.7. The Labute approximate surface area is 137 Å². The lowest BCUT2D eigenvalue weighted by Gasteiger charge is -2.25. The molecule has 0 bridgehead atoms. The van der Waals surface area contributed by atoms with E-state index >= 15 is 0 Å². The molecule has 0 aliphatic heterocycles. The van der Waals surface area contributed by atoms with Crippen molar-refractivity contribution in [2.45, 2.75) is 40.3 Å². The predicted octanol–water partition coefficient (Wildman–Crippen LogP) is 2.28. The number of benzene rings is 1. The minimum absolute atomic E-state index is 0.0369. The molecule has 7 nitrogen and oxygen atoms in total. The highest BCUT2D eigenvalue weighted by Gasteiger charge is 2.26. The Bertz CT molecular complexity index is 830. The van der Waals surface area contributed by atoms with Crippen LogP contribution in [0.25, 0.3) is 0 Å². The smallest absolute Gasteiger partial charge is 0.307 e. The van der Waals surface area contributed by atoms with Crippen LogP contribution in [-0.4, -0.2) is 21.4 Å². The number of nitrogens with zero attached hydrogens (tertiary/aromatic N) is 3. The molecule has 0 aliphatic rings. The van der Waals surface area contributed by atoms with Crippen LogP contribution in [0.4, 0.5) is 14.9 Å². The van der Waals surface area contributed by atoms with E-state index in [4.69, 9.17) is 4.52 Å². The summed E-state index contributed by atoms with van der Waals surface area (Å²) < 4.78 is 19.2. The molecule has 0 fully saturated rings. The molecule has 2 rings (SSSR count). The summed E-state index contributed by atoms with van der Waals surface area (Å²) in [6.07, 6.45) is 0. The van der Waals surface area contributed by atoms with Gasteiger partial charge < -0.3 is 4.52 Å². The third-order valence-corrected chi connectivity index (χ3v) is 3.34. The van der Waals surface area contributed by atoms with Gasteiger partial charge in [-0.1, -0.05) is 18.6 Å². The molecule has 0 N–H and O–H groups in total. The van der Waals surface area contributed by atoms with Gasteiger partial charge in [0.05, 0.1) is 0 Å². The van der Waals surface area contributed by atoms with E-state index in [2.05, 4.69) is 0 Å². The summed E-state index contributed by atoms with van der Waals surface area (Å²) in [7, 11) is 0. The van der Waals surface area contributed by atoms with Crippen LogP contribution >= 0.6 is 0 Å². The fourth-order valence-corrected chi connectivity index (χ4v) is 2.32. The van der Waals surface area contributed by atoms with Gasteiger partial charge >= 0.3 is 17.5 Å². The van der Waals surface area contributed by atoms with E-state index in [9.17, 15) is 18.8 Å². The fraction of sp³-hybridized carbons (Fsp3) is 0.438. The SMILES string of the molecule is CC(C)Cn1c(=O)on(C(=O)N(c2ccc(F)cc2)C(C)C)c1=O. The van der Waals surface area contributed by atoms with E-state index < -0.39 is 23.3 Å². The van der Waals surface area contributed by atoms with Gasteiger partial charge in [-0.15, -0.1) is 0 Å². The third-order valence-electron chi connectivity index (χ3n) is 3.34. The Kier molecular flexibility index (Phi) is 5.06. The number of rotatable bonds is 4. The minimum atomic E-state index is -0.884. The van der Waals surface area contributed by atoms with E-state index in [-0.39, 0.29) is 18.5 Å². The molecular formula is C16H20FN3O4. The van der Waals surface area contributed by atoms with Crippen LogP contribution < -0.4 is 16.3 Å². The first-order chi connectivity index (χ1) is 11.2. The Hall–Kier alpha value is -2.64. The summed E-state index contributed by atoms with van der Waals surface area (Å²) in [5.41, 5.74) is -0.436. The standard InChI is InChI=1S/C16H20FN3O4/c1-10(2)9-18-14(21)20(24-16(18)23)15(22)19(11(3)4)13-7-5-12(17)6-8-13/h5-8,10-11H,9H2,1-4H3. The van der Waals surface area contributed by atoms with Crippen molar-refractivity contribution < 1.29 is 13.7 Å². The Balaban J connectivity index is 2.47. The van der Waals surface area contributed by atoms with E-state index in [1.54, 1.807) is 13.8 Å². The topological polar surface area (TPSA) is 77.5 Å². The van der Waals surface area contributed by atoms with Crippen LogP contribution in [0, 0.1) is 11.7 Å². The van der Waals surface area contributed by atoms with Gasteiger partial charge in [0.1, 0.15) is 5.82 Å². The van der Waals surface area contributed by atoms with Crippen LogP contribution in [0.15, 0.2) is 38.4 Å². The van der Waals surface area contributed by atoms with Crippen molar-refractivity contribution in [1.82, 2.24) is 9.31 Å². The second-order valence-electron chi connectivity index (χ2n) is 6.16. The molecule has 0 saturated carbocycles. The highest BCUT2D eigenvalue weighted by molar-refractivity contribution is 5.93. The largest absolute Gasteiger partial charge is 0.443 e. The highest BCUT2D eigenvalue weighted by atomic mass is 19.1. The highest BCUT2D eigenvalue weighted by Crippen LogP contribution is 2.18. The second kappa shape index (κ2) is 6.86. The van der Waals surface area contributed by atoms with Gasteiger partial charge in [-0.3, -0.25) is 4.90 Å². The lowest BCUT2D eigenvalue weighted by atomic mass is 10.2. The predicted molar refractivity (Wildman–Crippen MR) is 86.9 cm³/mol. The Morgan fingerprint density at radius 2 is 1.75 bits per heavy atom. The van der Waals surface area contributed by atoms with Crippen molar-refractivity contribution >= 4 is 11.7 Å². The molecule has 0 saturated heterocycles. The number of hydrogen-bond acceptors (Lipinski definition) is 4. The number of aromatic nitrogens is 2. The number of hydrogen-bond donors (Lipinski definition) is 0. The van der Waals surface area contributed by atoms with Crippen molar-refractivity contribution in [2.24, 2.45) is 5.92 Å². The zero-order valence-electron chi connectivity index (χ0n) is 14.0. The summed E-state index contributed by atoms with van der Waals surface area (Å²) in [6.45, 7) is 7.29. The molecule has 0 aliphatic carbocycles. The lowest BCUT2D eigenvalue weighted by Crippen LogP contribution is -2.44. The Morgan fingerprint density at radius 3 is 2.25 bits per heavy atom. The molecule has 1 aromatic heterocycles. The molecule has 1 heterocycles. The maximum Gasteiger partial charge on any atom is 0.443 e. The van der Waals surface area contributed by atoms with Crippen LogP contribution in [0.1, 0.15) is 27.7 Å². The third kappa shape index (κ3) is 3.47. The van der Waals surface area contributed by atoms with E-state index in [0.29, 0.717) is 10.4 Å². The molecular weight excluding hydrogens is 317 g/mol. The average Bonchev–Trinajstić information content (AvgIpc) is 2.76. The lowest BCUT2D eigenvalue weighted by molar-refractivity contribution is 0.208. The number of carbonyl (C=O) groups is 1. The van der Waals surface area contributed by atoms with Crippen molar-refractivity contribution in [1.29, 1.82) is 0 Å². The summed E-state index contributed by atoms with van der Waals surface area (Å²) in [6, 6.07) is 4.11. The van der Waals surface area contributed by atoms with Crippen molar-refractivity contribution in [3.8, 4) is 0 Å². The molecule has 2 aromatic rings. The van der Waals surface area contributed by atoms with Gasteiger partial charge in [0.2, 0.25) is 0 Å². The molecule has 0 atom stereocenters. The summed E-state index contributed by atoms with van der Waals surface area (Å²) >= 11 is 0. The van der Waals surface area contributed by atoms with Gasteiger partial charge in [-0.05, 0) is 44.0 Å². The van der Waals surface area contributed by atoms with Gasteiger partial charge in [0.25, 0.3) is 0 Å². The zero-order chi connectivity index (χ0) is 18.0. The zero-order valence-corrected chi connectivity index (χ0v) is 14.0. The summed E-state index contributed by atoms with van der Waals surface area (Å²) in [5, 5.41) is 0. The van der Waals surface area contributed by atoms with Crippen LogP contribution in [0.5, 0.6) is 0 Å². The van der Waals surface area contributed by atoms with E-state index in [1.165, 1.54) is 29.2 Å². The second-order valence-corrected chi connectivity index (χ2v) is 6.16. The monoisotopic (exact) mass is 337 g/mol. The van der Waals surface area contributed by atoms with Crippen LogP contribution in [-0.2, 0) is 6.54 Å². The van der Waals surface area contributed by atoms with Crippen molar-refractivity contribution in [3.63, 3.8) is 0 Å². The fourth-order valence-electron chi connectivity index (χ4n) is 2.32. The van der Waals surface area contributed by atoms with Crippen LogP contribution in [0.2, 0.25) is 0 Å². The summed E-state index contributed by atoms with van der Waals surface area (Å²) in [4.78, 5) is 38.1. The minimum Gasteiger partial charge on any atom is -0.307 e. The van der Waals surface area contributed by atoms with Gasteiger partial charge in [-0.25, -0.2) is 23.3 Å². The molecule has 0 radical (unpaired) electrons. The van der Waals surface area contributed by atoms with E-state index in [1.807, 2.05) is 13.8 Å². The first-order valence-electron chi connectivity index (χ1n) is 7.64. The quantitative estimate of drug-likeness (QED) is 0.857. The van der Waals surface area contributed by atoms with Crippen molar-refractivity contribution in [3.05, 3.63) is 51.1 Å². The molecule has 8 heteroatoms. The maximum atomic E-state index is 13.1. The number of amides is 1. The normalized spacial score (nSPS) is 11.3. The first-order valence-corrected chi connectivity index (χ1v) is 7.64. The molecule has 1 amide bonds. The number of halogens is 1. The Morgan fingerprint density at radius 1 is 1.17 bits per heavy atom. The maximum absolute atomic E-state index is 13.1. The van der Waals surface area contributed by atoms with Crippen molar-refractivity contribution in [2.75, 3.05) is 4.90 Å². The molecule has 130 valence electrons. The van der Waals surface area contributed by atoms with Gasteiger partial charge in [-0.2, -0.15) is 0 Å². The van der Waals surface area contributed by atoms with Gasteiger partial charge in [0, 0.05) is 18.3 Å². The molecule has 1 aromatic carbocycles. The average molecular weight is 337 g/mol. The molecule has 0 unspecified atom stereocenters. The van der Waals surface area contributed by atoms with E-state index in [0.717, 1.165) is 4.57 Å².